The van der Waals surface area contributed by atoms with Crippen LogP contribution in [-0.4, -0.2) is 28.9 Å². The Morgan fingerprint density at radius 3 is 2.39 bits per heavy atom. The zero-order valence-electron chi connectivity index (χ0n) is 15.7. The summed E-state index contributed by atoms with van der Waals surface area (Å²) in [6.07, 6.45) is -4.78. The third-order valence-electron chi connectivity index (χ3n) is 4.55. The molecule has 0 saturated carbocycles. The quantitative estimate of drug-likeness (QED) is 0.675. The van der Waals surface area contributed by atoms with Crippen LogP contribution < -0.4 is 9.47 Å². The van der Waals surface area contributed by atoms with Gasteiger partial charge in [-0.3, -0.25) is 0 Å². The van der Waals surface area contributed by atoms with Crippen LogP contribution in [0.3, 0.4) is 0 Å². The molecule has 28 heavy (non-hydrogen) atoms. The smallest absolute Gasteiger partial charge is 0.416 e. The summed E-state index contributed by atoms with van der Waals surface area (Å²) in [7, 11) is 3.11. The van der Waals surface area contributed by atoms with Crippen LogP contribution in [0.5, 0.6) is 11.5 Å². The first-order chi connectivity index (χ1) is 13.2. The van der Waals surface area contributed by atoms with Crippen LogP contribution in [0.1, 0.15) is 30.0 Å². The van der Waals surface area contributed by atoms with E-state index < -0.39 is 17.8 Å². The molecular formula is C20H21F3N2O3. The molecule has 1 atom stereocenters. The van der Waals surface area contributed by atoms with Crippen LogP contribution in [0.4, 0.5) is 13.2 Å². The van der Waals surface area contributed by atoms with E-state index in [0.29, 0.717) is 35.8 Å². The normalized spacial score (nSPS) is 13.0. The monoisotopic (exact) mass is 394 g/mol. The van der Waals surface area contributed by atoms with Gasteiger partial charge >= 0.3 is 6.18 Å². The molecule has 0 aliphatic carbocycles. The lowest BCUT2D eigenvalue weighted by molar-refractivity contribution is -0.137. The van der Waals surface area contributed by atoms with Gasteiger partial charge in [-0.05, 0) is 49.2 Å². The molecule has 3 rings (SSSR count). The van der Waals surface area contributed by atoms with Crippen LogP contribution in [0.15, 0.2) is 36.4 Å². The lowest BCUT2D eigenvalue weighted by atomic mass is 10.1. The second-order valence-electron chi connectivity index (χ2n) is 6.44. The predicted octanol–water partition coefficient (Wildman–Crippen LogP) is 4.37. The van der Waals surface area contributed by atoms with E-state index in [4.69, 9.17) is 9.47 Å². The number of aryl methyl sites for hydroxylation is 2. The minimum Gasteiger partial charge on any atom is -0.493 e. The van der Waals surface area contributed by atoms with Gasteiger partial charge in [0, 0.05) is 6.54 Å². The molecule has 2 aromatic carbocycles. The zero-order valence-corrected chi connectivity index (χ0v) is 15.7. The van der Waals surface area contributed by atoms with Crippen molar-refractivity contribution in [3.8, 4) is 11.5 Å². The first kappa shape index (κ1) is 20.0. The molecular weight excluding hydrogens is 373 g/mol. The van der Waals surface area contributed by atoms with E-state index in [2.05, 4.69) is 4.98 Å². The van der Waals surface area contributed by atoms with Crippen LogP contribution in [0.25, 0.3) is 11.0 Å². The number of fused-ring (bicyclic) bond motifs is 1. The number of hydrogen-bond acceptors (Lipinski definition) is 4. The maximum Gasteiger partial charge on any atom is 0.416 e. The number of alkyl halides is 3. The summed E-state index contributed by atoms with van der Waals surface area (Å²) < 4.78 is 51.2. The van der Waals surface area contributed by atoms with E-state index in [1.807, 2.05) is 12.1 Å². The minimum atomic E-state index is -4.44. The lowest BCUT2D eigenvalue weighted by Crippen LogP contribution is -2.09. The molecule has 0 aliphatic rings. The molecule has 0 bridgehead atoms. The van der Waals surface area contributed by atoms with Gasteiger partial charge in [-0.15, -0.1) is 0 Å². The molecule has 3 aromatic rings. The number of aliphatic hydroxyl groups excluding tert-OH is 1. The highest BCUT2D eigenvalue weighted by molar-refractivity contribution is 5.77. The molecule has 5 nitrogen and oxygen atoms in total. The Morgan fingerprint density at radius 1 is 1.07 bits per heavy atom. The summed E-state index contributed by atoms with van der Waals surface area (Å²) in [5.74, 6) is 1.54. The number of benzene rings is 2. The molecule has 8 heteroatoms. The molecule has 0 radical (unpaired) electrons. The summed E-state index contributed by atoms with van der Waals surface area (Å²) in [6.45, 7) is 1.98. The van der Waals surface area contributed by atoms with Gasteiger partial charge in [0.05, 0.1) is 30.8 Å². The summed E-state index contributed by atoms with van der Waals surface area (Å²) in [4.78, 5) is 4.23. The highest BCUT2D eigenvalue weighted by Crippen LogP contribution is 2.32. The number of halogens is 3. The summed E-state index contributed by atoms with van der Waals surface area (Å²) in [5, 5.41) is 10.0. The summed E-state index contributed by atoms with van der Waals surface area (Å²) in [5.41, 5.74) is 0.951. The van der Waals surface area contributed by atoms with Crippen LogP contribution in [-0.2, 0) is 19.1 Å². The van der Waals surface area contributed by atoms with Gasteiger partial charge in [0.1, 0.15) is 11.9 Å². The molecule has 0 fully saturated rings. The Morgan fingerprint density at radius 2 is 1.79 bits per heavy atom. The fourth-order valence-corrected chi connectivity index (χ4v) is 3.16. The highest BCUT2D eigenvalue weighted by Gasteiger charge is 2.31. The van der Waals surface area contributed by atoms with E-state index in [0.717, 1.165) is 17.7 Å². The zero-order chi connectivity index (χ0) is 20.5. The Balaban J connectivity index is 1.94. The molecule has 1 heterocycles. The standard InChI is InChI=1S/C20H21F3N2O3/c1-12(26)19-24-15-11-14(20(21,22)23)5-6-16(15)25(19)9-8-13-4-7-17(27-2)18(10-13)28-3/h4-7,10-12,26H,8-9H2,1-3H3. The molecule has 150 valence electrons. The van der Waals surface area contributed by atoms with Crippen molar-refractivity contribution in [2.75, 3.05) is 14.2 Å². The van der Waals surface area contributed by atoms with E-state index in [9.17, 15) is 18.3 Å². The van der Waals surface area contributed by atoms with Crippen molar-refractivity contribution < 1.29 is 27.8 Å². The van der Waals surface area contributed by atoms with Crippen molar-refractivity contribution in [1.82, 2.24) is 9.55 Å². The topological polar surface area (TPSA) is 56.5 Å². The second kappa shape index (κ2) is 7.71. The second-order valence-corrected chi connectivity index (χ2v) is 6.44. The number of hydrogen-bond donors (Lipinski definition) is 1. The highest BCUT2D eigenvalue weighted by atomic mass is 19.4. The Labute approximate surface area is 160 Å². The molecule has 0 aliphatic heterocycles. The van der Waals surface area contributed by atoms with Gasteiger partial charge in [-0.1, -0.05) is 6.07 Å². The minimum absolute atomic E-state index is 0.207. The molecule has 1 N–H and O–H groups in total. The fourth-order valence-electron chi connectivity index (χ4n) is 3.16. The number of rotatable bonds is 6. The first-order valence-electron chi connectivity index (χ1n) is 8.71. The van der Waals surface area contributed by atoms with Crippen LogP contribution in [0, 0.1) is 0 Å². The molecule has 0 saturated heterocycles. The largest absolute Gasteiger partial charge is 0.493 e. The Bertz CT molecular complexity index is 981. The van der Waals surface area contributed by atoms with Gasteiger partial charge in [-0.2, -0.15) is 13.2 Å². The van der Waals surface area contributed by atoms with Crippen molar-refractivity contribution in [1.29, 1.82) is 0 Å². The number of aromatic nitrogens is 2. The van der Waals surface area contributed by atoms with Crippen molar-refractivity contribution in [3.05, 3.63) is 53.3 Å². The number of aliphatic hydroxyl groups is 1. The number of methoxy groups -OCH3 is 2. The molecule has 1 unspecified atom stereocenters. The van der Waals surface area contributed by atoms with Gasteiger partial charge in [0.25, 0.3) is 0 Å². The SMILES string of the molecule is COc1ccc(CCn2c(C(C)O)nc3cc(C(F)(F)F)ccc32)cc1OC. The maximum absolute atomic E-state index is 13.0. The summed E-state index contributed by atoms with van der Waals surface area (Å²) in [6, 6.07) is 8.97. The van der Waals surface area contributed by atoms with E-state index >= 15 is 0 Å². The van der Waals surface area contributed by atoms with Gasteiger partial charge < -0.3 is 19.1 Å². The van der Waals surface area contributed by atoms with E-state index in [1.54, 1.807) is 31.8 Å². The van der Waals surface area contributed by atoms with Crippen molar-refractivity contribution >= 4 is 11.0 Å². The molecule has 1 aromatic heterocycles. The number of imidazole rings is 1. The fraction of sp³-hybridized carbons (Fsp3) is 0.350. The van der Waals surface area contributed by atoms with Crippen molar-refractivity contribution in [3.63, 3.8) is 0 Å². The van der Waals surface area contributed by atoms with Crippen LogP contribution in [0.2, 0.25) is 0 Å². The average Bonchev–Trinajstić information content (AvgIpc) is 3.03. The number of ether oxygens (including phenoxy) is 2. The Kier molecular flexibility index (Phi) is 5.51. The predicted molar refractivity (Wildman–Crippen MR) is 98.6 cm³/mol. The van der Waals surface area contributed by atoms with E-state index in [-0.39, 0.29) is 5.52 Å². The molecule has 0 amide bonds. The lowest BCUT2D eigenvalue weighted by Gasteiger charge is -2.13. The number of nitrogens with zero attached hydrogens (tertiary/aromatic N) is 2. The van der Waals surface area contributed by atoms with Gasteiger partial charge in [-0.25, -0.2) is 4.98 Å². The third kappa shape index (κ3) is 3.91. The van der Waals surface area contributed by atoms with Gasteiger partial charge in [0.2, 0.25) is 0 Å². The van der Waals surface area contributed by atoms with Gasteiger partial charge in [0.15, 0.2) is 11.5 Å². The van der Waals surface area contributed by atoms with Crippen molar-refractivity contribution in [2.45, 2.75) is 32.2 Å². The first-order valence-corrected chi connectivity index (χ1v) is 8.71. The third-order valence-corrected chi connectivity index (χ3v) is 4.55. The Hall–Kier alpha value is -2.74. The summed E-state index contributed by atoms with van der Waals surface area (Å²) >= 11 is 0. The van der Waals surface area contributed by atoms with E-state index in [1.165, 1.54) is 6.07 Å². The molecule has 0 spiro atoms. The van der Waals surface area contributed by atoms with Crippen molar-refractivity contribution in [2.24, 2.45) is 0 Å². The maximum atomic E-state index is 13.0. The average molecular weight is 394 g/mol. The van der Waals surface area contributed by atoms with Crippen LogP contribution >= 0.6 is 0 Å².